The fourth-order valence-corrected chi connectivity index (χ4v) is 10.4. The first-order valence-corrected chi connectivity index (χ1v) is 14.4. The summed E-state index contributed by atoms with van der Waals surface area (Å²) in [7, 11) is 0. The maximum Gasteiger partial charge on any atom is 0.313 e. The topological polar surface area (TPSA) is 109 Å². The van der Waals surface area contributed by atoms with Crippen molar-refractivity contribution in [2.24, 2.45) is 46.3 Å². The predicted octanol–water partition coefficient (Wildman–Crippen LogP) is 3.55. The molecule has 8 heteroatoms. The van der Waals surface area contributed by atoms with Crippen molar-refractivity contribution in [1.82, 2.24) is 0 Å². The summed E-state index contributed by atoms with van der Waals surface area (Å²) < 4.78 is 24.3. The number of hydrogen-bond donors (Lipinski definition) is 0. The number of esters is 3. The second-order valence-electron chi connectivity index (χ2n) is 13.7. The minimum Gasteiger partial charge on any atom is -0.458 e. The van der Waals surface area contributed by atoms with Crippen LogP contribution in [0.2, 0.25) is 0 Å². The molecule has 0 N–H and O–H groups in total. The number of ketones is 1. The van der Waals surface area contributed by atoms with Gasteiger partial charge in [-0.05, 0) is 88.2 Å². The third kappa shape index (κ3) is 2.66. The van der Waals surface area contributed by atoms with Gasteiger partial charge in [-0.1, -0.05) is 13.8 Å². The first-order valence-electron chi connectivity index (χ1n) is 14.4. The van der Waals surface area contributed by atoms with Gasteiger partial charge in [0.05, 0.1) is 22.9 Å². The fraction of sp³-hybridized carbons (Fsp3) is 0.800. The average molecular weight is 527 g/mol. The summed E-state index contributed by atoms with van der Waals surface area (Å²) in [6.07, 6.45) is 6.57. The van der Waals surface area contributed by atoms with Gasteiger partial charge in [0.1, 0.15) is 17.3 Å². The molecule has 8 nitrogen and oxygen atoms in total. The van der Waals surface area contributed by atoms with Gasteiger partial charge in [0.25, 0.3) is 0 Å². The normalized spacial score (nSPS) is 56.0. The van der Waals surface area contributed by atoms with Gasteiger partial charge in [0.2, 0.25) is 0 Å². The number of carbonyl (C=O) groups excluding carboxylic acids is 4. The number of allylic oxidation sites excluding steroid dienone is 1. The van der Waals surface area contributed by atoms with Crippen LogP contribution in [0.4, 0.5) is 0 Å². The number of rotatable bonds is 2. The van der Waals surface area contributed by atoms with Crippen LogP contribution in [0.5, 0.6) is 0 Å². The first-order chi connectivity index (χ1) is 17.9. The van der Waals surface area contributed by atoms with Gasteiger partial charge in [-0.25, -0.2) is 0 Å². The number of ether oxygens (including phenoxy) is 4. The zero-order chi connectivity index (χ0) is 27.0. The lowest BCUT2D eigenvalue weighted by molar-refractivity contribution is -0.192. The number of hydrogen-bond acceptors (Lipinski definition) is 8. The van der Waals surface area contributed by atoms with E-state index in [1.54, 1.807) is 12.2 Å². The summed E-state index contributed by atoms with van der Waals surface area (Å²) in [5.74, 6) is -0.498. The van der Waals surface area contributed by atoms with E-state index in [-0.39, 0.29) is 65.3 Å². The van der Waals surface area contributed by atoms with Gasteiger partial charge in [-0.3, -0.25) is 19.2 Å². The standard InChI is InChI=1S/C30H38O8/c1-14-12-23(36-25(33)15(14)2)28(5)20-7-6-19-17-13-24-30(37-24)22(35-16(3)31)9-8-21(32)27(30,4)18(17)10-11-29(19,20)26(34)38-28/h8-9,14-15,17-20,22-24H,6-7,10-13H2,1-5H3/t14-,15+,17+,18-,19-,20+,22-,23?,24+,27-,28+,29+,30+/m0/s1. The molecule has 206 valence electrons. The summed E-state index contributed by atoms with van der Waals surface area (Å²) in [4.78, 5) is 52.1. The van der Waals surface area contributed by atoms with E-state index in [2.05, 4.69) is 6.92 Å². The lowest BCUT2D eigenvalue weighted by Crippen LogP contribution is -2.64. The van der Waals surface area contributed by atoms with Crippen molar-refractivity contribution in [3.8, 4) is 0 Å². The minimum absolute atomic E-state index is 0.0257. The lowest BCUT2D eigenvalue weighted by Gasteiger charge is -2.56. The molecule has 3 saturated carbocycles. The maximum atomic E-state index is 13.9. The summed E-state index contributed by atoms with van der Waals surface area (Å²) in [5, 5.41) is 0. The van der Waals surface area contributed by atoms with E-state index in [1.165, 1.54) is 6.92 Å². The highest BCUT2D eigenvalue weighted by atomic mass is 16.7. The Hall–Kier alpha value is -2.22. The van der Waals surface area contributed by atoms with E-state index in [0.29, 0.717) is 19.3 Å². The third-order valence-corrected chi connectivity index (χ3v) is 12.5. The van der Waals surface area contributed by atoms with Gasteiger partial charge in [-0.2, -0.15) is 0 Å². The molecule has 0 bridgehead atoms. The lowest BCUT2D eigenvalue weighted by atomic mass is 9.44. The van der Waals surface area contributed by atoms with Gasteiger partial charge >= 0.3 is 17.9 Å². The summed E-state index contributed by atoms with van der Waals surface area (Å²) in [6, 6.07) is 0. The van der Waals surface area contributed by atoms with Crippen LogP contribution >= 0.6 is 0 Å². The first kappa shape index (κ1) is 24.8. The molecule has 0 aromatic heterocycles. The SMILES string of the molecule is CC(=O)O[C@H]1C=CC(=O)[C@]2(C)[C@H]3CC[C@]45C(=O)O[C@@](C)(C6C[C@H](C)[C@@H](C)C(=O)O6)[C@H]4CC[C@H]5[C@@H]3C[C@H]3O[C@]132. The molecule has 0 amide bonds. The molecule has 0 aromatic rings. The Balaban J connectivity index is 1.22. The van der Waals surface area contributed by atoms with Crippen molar-refractivity contribution >= 4 is 23.7 Å². The van der Waals surface area contributed by atoms with E-state index >= 15 is 0 Å². The molecule has 7 aliphatic rings. The van der Waals surface area contributed by atoms with Crippen LogP contribution in [-0.4, -0.2) is 53.2 Å². The largest absolute Gasteiger partial charge is 0.458 e. The molecule has 7 rings (SSSR count). The van der Waals surface area contributed by atoms with Crippen molar-refractivity contribution in [2.75, 3.05) is 0 Å². The van der Waals surface area contributed by atoms with E-state index in [0.717, 1.165) is 19.3 Å². The highest BCUT2D eigenvalue weighted by Crippen LogP contribution is 2.75. The third-order valence-electron chi connectivity index (χ3n) is 12.5. The number of epoxide rings is 1. The van der Waals surface area contributed by atoms with Crippen LogP contribution in [-0.2, 0) is 38.1 Å². The number of cyclic esters (lactones) is 2. The van der Waals surface area contributed by atoms with Crippen molar-refractivity contribution < 1.29 is 38.1 Å². The highest BCUT2D eigenvalue weighted by Gasteiger charge is 2.83. The Morgan fingerprint density at radius 3 is 2.50 bits per heavy atom. The molecule has 0 radical (unpaired) electrons. The Morgan fingerprint density at radius 2 is 1.79 bits per heavy atom. The van der Waals surface area contributed by atoms with Crippen LogP contribution in [0.25, 0.3) is 0 Å². The summed E-state index contributed by atoms with van der Waals surface area (Å²) in [5.41, 5.74) is -3.10. The van der Waals surface area contributed by atoms with E-state index in [4.69, 9.17) is 18.9 Å². The molecule has 38 heavy (non-hydrogen) atoms. The van der Waals surface area contributed by atoms with Crippen LogP contribution in [0.3, 0.4) is 0 Å². The molecule has 2 spiro atoms. The average Bonchev–Trinajstić information content (AvgIpc) is 3.37. The molecule has 3 heterocycles. The van der Waals surface area contributed by atoms with E-state index in [1.807, 2.05) is 20.8 Å². The smallest absolute Gasteiger partial charge is 0.313 e. The van der Waals surface area contributed by atoms with Gasteiger partial charge in [-0.15, -0.1) is 0 Å². The molecular weight excluding hydrogens is 488 g/mol. The highest BCUT2D eigenvalue weighted by molar-refractivity contribution is 5.98. The van der Waals surface area contributed by atoms with Crippen LogP contribution < -0.4 is 0 Å². The molecule has 13 atom stereocenters. The summed E-state index contributed by atoms with van der Waals surface area (Å²) >= 11 is 0. The second kappa shape index (κ2) is 7.49. The summed E-state index contributed by atoms with van der Waals surface area (Å²) in [6.45, 7) is 9.34. The monoisotopic (exact) mass is 526 g/mol. The predicted molar refractivity (Wildman–Crippen MR) is 132 cm³/mol. The Bertz CT molecular complexity index is 1180. The quantitative estimate of drug-likeness (QED) is 0.305. The molecule has 3 aliphatic heterocycles. The fourth-order valence-electron chi connectivity index (χ4n) is 10.4. The van der Waals surface area contributed by atoms with Crippen molar-refractivity contribution in [3.05, 3.63) is 12.2 Å². The van der Waals surface area contributed by atoms with Crippen molar-refractivity contribution in [2.45, 2.75) is 103 Å². The zero-order valence-electron chi connectivity index (χ0n) is 22.9. The van der Waals surface area contributed by atoms with Crippen LogP contribution in [0.15, 0.2) is 12.2 Å². The zero-order valence-corrected chi connectivity index (χ0v) is 22.9. The maximum absolute atomic E-state index is 13.9. The van der Waals surface area contributed by atoms with Gasteiger partial charge in [0, 0.05) is 12.8 Å². The number of fused-ring (bicyclic) bond motifs is 3. The van der Waals surface area contributed by atoms with Crippen molar-refractivity contribution in [3.63, 3.8) is 0 Å². The second-order valence-corrected chi connectivity index (χ2v) is 13.7. The van der Waals surface area contributed by atoms with Crippen LogP contribution in [0.1, 0.15) is 73.1 Å². The Labute approximate surface area is 223 Å². The van der Waals surface area contributed by atoms with Gasteiger partial charge < -0.3 is 18.9 Å². The van der Waals surface area contributed by atoms with Crippen LogP contribution in [0, 0.1) is 46.3 Å². The molecule has 4 aliphatic carbocycles. The molecule has 3 saturated heterocycles. The van der Waals surface area contributed by atoms with E-state index < -0.39 is 34.2 Å². The Morgan fingerprint density at radius 1 is 1.03 bits per heavy atom. The molecule has 0 aromatic carbocycles. The number of carbonyl (C=O) groups is 4. The van der Waals surface area contributed by atoms with Crippen molar-refractivity contribution in [1.29, 1.82) is 0 Å². The molecule has 6 fully saturated rings. The molecule has 1 unspecified atom stereocenters. The molecular formula is C30H38O8. The van der Waals surface area contributed by atoms with Gasteiger partial charge in [0.15, 0.2) is 11.9 Å². The van der Waals surface area contributed by atoms with E-state index in [9.17, 15) is 19.2 Å². The Kier molecular flexibility index (Phi) is 4.89. The minimum atomic E-state index is -0.842.